The molecule has 2 heterocycles. The highest BCUT2D eigenvalue weighted by atomic mass is 16.6. The van der Waals surface area contributed by atoms with Crippen LogP contribution >= 0.6 is 0 Å². The van der Waals surface area contributed by atoms with Gasteiger partial charge in [0.1, 0.15) is 17.5 Å². The number of rotatable bonds is 9. The Morgan fingerprint density at radius 3 is 2.62 bits per heavy atom. The van der Waals surface area contributed by atoms with Gasteiger partial charge in [-0.2, -0.15) is 10.1 Å². The molecule has 2 unspecified atom stereocenters. The fourth-order valence-electron chi connectivity index (χ4n) is 4.79. The smallest absolute Gasteiger partial charge is 0.433 e. The van der Waals surface area contributed by atoms with Gasteiger partial charge in [-0.1, -0.05) is 37.3 Å². The van der Waals surface area contributed by atoms with Gasteiger partial charge in [-0.25, -0.2) is 9.78 Å². The second-order valence-electron chi connectivity index (χ2n) is 9.38. The van der Waals surface area contributed by atoms with Crippen molar-refractivity contribution in [3.05, 3.63) is 83.9 Å². The topological polar surface area (TPSA) is 115 Å². The molecule has 1 aliphatic heterocycles. The summed E-state index contributed by atoms with van der Waals surface area (Å²) in [6.07, 6.45) is 7.01. The first-order chi connectivity index (χ1) is 19.1. The number of amides is 2. The van der Waals surface area contributed by atoms with Gasteiger partial charge in [0.05, 0.1) is 19.4 Å². The number of carbonyl (C=O) groups excluding carboxylic acids is 2. The van der Waals surface area contributed by atoms with Crippen LogP contribution in [0.4, 0.5) is 4.79 Å². The zero-order chi connectivity index (χ0) is 27.2. The van der Waals surface area contributed by atoms with E-state index in [0.717, 1.165) is 36.3 Å². The maximum atomic E-state index is 13.2. The maximum absolute atomic E-state index is 13.2. The average Bonchev–Trinajstić information content (AvgIpc) is 3.50. The zero-order valence-electron chi connectivity index (χ0n) is 21.9. The van der Waals surface area contributed by atoms with Crippen LogP contribution in [0, 0.1) is 0 Å². The Morgan fingerprint density at radius 1 is 1.13 bits per heavy atom. The van der Waals surface area contributed by atoms with Crippen molar-refractivity contribution in [2.24, 2.45) is 5.10 Å². The first-order valence-corrected chi connectivity index (χ1v) is 13.1. The minimum Gasteiger partial charge on any atom is -0.493 e. The van der Waals surface area contributed by atoms with Gasteiger partial charge in [-0.3, -0.25) is 9.78 Å². The third-order valence-electron chi connectivity index (χ3n) is 6.80. The molecule has 1 saturated carbocycles. The molecule has 10 nitrogen and oxygen atoms in total. The standard InChI is InChI=1S/C29H31N5O5/c1-3-23-26(20-13-14-24(37-2)25(17-20)38-21-11-7-8-12-21)33-34(29(36)39-23)27(19-9-5-4-6-10-19)32-28(35)22-18-30-15-16-31-22/h4-6,9-10,13-18,21,23,27H,3,7-8,11-12H2,1-2H3,(H,32,35). The van der Waals surface area contributed by atoms with Gasteiger partial charge >= 0.3 is 6.09 Å². The minimum atomic E-state index is -0.950. The van der Waals surface area contributed by atoms with E-state index in [4.69, 9.17) is 19.3 Å². The number of hydrogen-bond donors (Lipinski definition) is 1. The second-order valence-corrected chi connectivity index (χ2v) is 9.38. The molecule has 5 rings (SSSR count). The molecule has 2 aliphatic rings. The molecule has 2 amide bonds. The summed E-state index contributed by atoms with van der Waals surface area (Å²) in [5, 5.41) is 8.79. The van der Waals surface area contributed by atoms with Crippen LogP contribution in [0.1, 0.15) is 66.8 Å². The lowest BCUT2D eigenvalue weighted by Crippen LogP contribution is -2.48. The van der Waals surface area contributed by atoms with Gasteiger partial charge in [0.25, 0.3) is 5.91 Å². The van der Waals surface area contributed by atoms with E-state index in [1.165, 1.54) is 18.6 Å². The fraction of sp³-hybridized carbons (Fsp3) is 0.345. The van der Waals surface area contributed by atoms with Gasteiger partial charge in [0.15, 0.2) is 17.7 Å². The van der Waals surface area contributed by atoms with Gasteiger partial charge in [-0.05, 0) is 55.9 Å². The Labute approximate surface area is 227 Å². The lowest BCUT2D eigenvalue weighted by Gasteiger charge is -2.34. The Balaban J connectivity index is 1.52. The number of nitrogens with one attached hydrogen (secondary N) is 1. The van der Waals surface area contributed by atoms with Crippen LogP contribution in [0.2, 0.25) is 0 Å². The number of aromatic nitrogens is 2. The van der Waals surface area contributed by atoms with Crippen molar-refractivity contribution < 1.29 is 23.8 Å². The fourth-order valence-corrected chi connectivity index (χ4v) is 4.79. The molecule has 3 aromatic rings. The molecule has 10 heteroatoms. The molecule has 1 N–H and O–H groups in total. The summed E-state index contributed by atoms with van der Waals surface area (Å²) in [4.78, 5) is 34.3. The van der Waals surface area contributed by atoms with Crippen LogP contribution in [-0.2, 0) is 4.74 Å². The van der Waals surface area contributed by atoms with Crippen molar-refractivity contribution in [3.8, 4) is 11.5 Å². The molecule has 202 valence electrons. The van der Waals surface area contributed by atoms with Gasteiger partial charge in [-0.15, -0.1) is 0 Å². The summed E-state index contributed by atoms with van der Waals surface area (Å²) in [7, 11) is 1.61. The molecule has 2 aromatic carbocycles. The van der Waals surface area contributed by atoms with E-state index >= 15 is 0 Å². The Hall–Kier alpha value is -4.47. The summed E-state index contributed by atoms with van der Waals surface area (Å²) in [5.74, 6) is 0.747. The Bertz CT molecular complexity index is 1330. The normalized spacial score (nSPS) is 18.2. The predicted octanol–water partition coefficient (Wildman–Crippen LogP) is 4.87. The van der Waals surface area contributed by atoms with Gasteiger partial charge in [0.2, 0.25) is 0 Å². The highest BCUT2D eigenvalue weighted by Gasteiger charge is 2.37. The summed E-state index contributed by atoms with van der Waals surface area (Å²) >= 11 is 0. The predicted molar refractivity (Wildman–Crippen MR) is 143 cm³/mol. The van der Waals surface area contributed by atoms with Crippen molar-refractivity contribution in [2.45, 2.75) is 57.4 Å². The van der Waals surface area contributed by atoms with Crippen molar-refractivity contribution in [1.29, 1.82) is 0 Å². The lowest BCUT2D eigenvalue weighted by atomic mass is 10.0. The summed E-state index contributed by atoms with van der Waals surface area (Å²) in [6.45, 7) is 1.92. The highest BCUT2D eigenvalue weighted by Crippen LogP contribution is 2.34. The summed E-state index contributed by atoms with van der Waals surface area (Å²) in [5.41, 5.74) is 2.04. The van der Waals surface area contributed by atoms with Crippen LogP contribution in [0.15, 0.2) is 72.2 Å². The molecule has 0 bridgehead atoms. The number of nitrogens with zero attached hydrogens (tertiary/aromatic N) is 4. The Kier molecular flexibility index (Phi) is 8.00. The number of hydrazone groups is 1. The third-order valence-corrected chi connectivity index (χ3v) is 6.80. The van der Waals surface area contributed by atoms with Crippen LogP contribution in [0.3, 0.4) is 0 Å². The van der Waals surface area contributed by atoms with Crippen LogP contribution in [-0.4, -0.2) is 52.0 Å². The lowest BCUT2D eigenvalue weighted by molar-refractivity contribution is 0.0492. The zero-order valence-corrected chi connectivity index (χ0v) is 21.9. The quantitative estimate of drug-likeness (QED) is 0.420. The van der Waals surface area contributed by atoms with Crippen LogP contribution in [0.5, 0.6) is 11.5 Å². The van der Waals surface area contributed by atoms with Crippen molar-refractivity contribution in [2.75, 3.05) is 7.11 Å². The Morgan fingerprint density at radius 2 is 1.92 bits per heavy atom. The largest absolute Gasteiger partial charge is 0.493 e. The molecule has 0 saturated heterocycles. The third kappa shape index (κ3) is 5.84. The van der Waals surface area contributed by atoms with E-state index in [9.17, 15) is 9.59 Å². The van der Waals surface area contributed by atoms with Gasteiger partial charge in [0, 0.05) is 18.0 Å². The van der Waals surface area contributed by atoms with E-state index in [0.29, 0.717) is 29.2 Å². The number of benzene rings is 2. The SMILES string of the molecule is CCC1OC(=O)N(C(NC(=O)c2cnccn2)c2ccccc2)N=C1c1ccc(OC)c(OC2CCCC2)c1. The van der Waals surface area contributed by atoms with Crippen LogP contribution < -0.4 is 14.8 Å². The highest BCUT2D eigenvalue weighted by molar-refractivity contribution is 6.06. The molecular weight excluding hydrogens is 498 g/mol. The molecule has 0 spiro atoms. The molecule has 2 atom stereocenters. The molecule has 1 fully saturated rings. The first-order valence-electron chi connectivity index (χ1n) is 13.1. The molecule has 39 heavy (non-hydrogen) atoms. The van der Waals surface area contributed by atoms with Crippen molar-refractivity contribution in [1.82, 2.24) is 20.3 Å². The number of ether oxygens (including phenoxy) is 3. The molecule has 1 aromatic heterocycles. The number of methoxy groups -OCH3 is 1. The minimum absolute atomic E-state index is 0.114. The number of carbonyl (C=O) groups is 2. The molecular formula is C29H31N5O5. The van der Waals surface area contributed by atoms with E-state index < -0.39 is 24.3 Å². The van der Waals surface area contributed by atoms with Gasteiger partial charge < -0.3 is 19.5 Å². The van der Waals surface area contributed by atoms with E-state index in [1.807, 2.05) is 43.3 Å². The summed E-state index contributed by atoms with van der Waals surface area (Å²) < 4.78 is 17.7. The summed E-state index contributed by atoms with van der Waals surface area (Å²) in [6, 6.07) is 14.7. The first kappa shape index (κ1) is 26.1. The second kappa shape index (κ2) is 11.9. The van der Waals surface area contributed by atoms with E-state index in [-0.39, 0.29) is 11.8 Å². The van der Waals surface area contributed by atoms with E-state index in [2.05, 4.69) is 15.3 Å². The van der Waals surface area contributed by atoms with E-state index in [1.54, 1.807) is 19.2 Å². The number of hydrogen-bond acceptors (Lipinski definition) is 8. The monoisotopic (exact) mass is 529 g/mol. The van der Waals surface area contributed by atoms with Crippen molar-refractivity contribution >= 4 is 17.7 Å². The molecule has 1 aliphatic carbocycles. The average molecular weight is 530 g/mol. The van der Waals surface area contributed by atoms with Crippen molar-refractivity contribution in [3.63, 3.8) is 0 Å². The molecule has 0 radical (unpaired) electrons. The van der Waals surface area contributed by atoms with Crippen LogP contribution in [0.25, 0.3) is 0 Å². The maximum Gasteiger partial charge on any atom is 0.433 e. The number of cyclic esters (lactones) is 1.